The zero-order valence-corrected chi connectivity index (χ0v) is 16.9. The first-order chi connectivity index (χ1) is 14.5. The van der Waals surface area contributed by atoms with Crippen LogP contribution in [0, 0.1) is 0 Å². The Kier molecular flexibility index (Phi) is 6.92. The first-order valence-electron chi connectivity index (χ1n) is 9.08. The summed E-state index contributed by atoms with van der Waals surface area (Å²) in [6.45, 7) is -0.141. The number of H-pyrrole nitrogens is 1. The number of hydrogen-bond donors (Lipinski definition) is 3. The van der Waals surface area contributed by atoms with Crippen molar-refractivity contribution in [3.63, 3.8) is 0 Å². The number of carbonyl (C=O) groups excluding carboxylic acids is 3. The Labute approximate surface area is 177 Å². The second-order valence-electron chi connectivity index (χ2n) is 6.38. The molecule has 0 fully saturated rings. The van der Waals surface area contributed by atoms with Crippen molar-refractivity contribution in [2.24, 2.45) is 0 Å². The number of carbonyl (C=O) groups is 3. The summed E-state index contributed by atoms with van der Waals surface area (Å²) < 4.78 is 9.80. The highest BCUT2D eigenvalue weighted by molar-refractivity contribution is 6.35. The fourth-order valence-electron chi connectivity index (χ4n) is 2.77. The van der Waals surface area contributed by atoms with Crippen molar-refractivity contribution in [2.75, 3.05) is 13.7 Å². The average Bonchev–Trinajstić information content (AvgIpc) is 3.21. The van der Waals surface area contributed by atoms with Gasteiger partial charge in [-0.1, -0.05) is 48.0 Å². The molecule has 0 aliphatic heterocycles. The fraction of sp³-hybridized carbons (Fsp3) is 0.190. The molecule has 30 heavy (non-hydrogen) atoms. The highest BCUT2D eigenvalue weighted by Crippen LogP contribution is 2.23. The summed E-state index contributed by atoms with van der Waals surface area (Å²) in [6, 6.07) is 14.9. The molecule has 2 amide bonds. The number of methoxy groups -OCH3 is 1. The van der Waals surface area contributed by atoms with Gasteiger partial charge >= 0.3 is 12.1 Å². The summed E-state index contributed by atoms with van der Waals surface area (Å²) in [5.74, 6) is -1.18. The second-order valence-corrected chi connectivity index (χ2v) is 6.78. The van der Waals surface area contributed by atoms with E-state index in [0.717, 1.165) is 5.56 Å². The van der Waals surface area contributed by atoms with Gasteiger partial charge in [-0.25, -0.2) is 9.59 Å². The largest absolute Gasteiger partial charge is 0.467 e. The Bertz CT molecular complexity index is 1050. The monoisotopic (exact) mass is 429 g/mol. The van der Waals surface area contributed by atoms with Crippen molar-refractivity contribution < 1.29 is 23.9 Å². The van der Waals surface area contributed by atoms with Gasteiger partial charge in [-0.15, -0.1) is 0 Å². The van der Waals surface area contributed by atoms with Gasteiger partial charge in [0.25, 0.3) is 5.91 Å². The zero-order valence-electron chi connectivity index (χ0n) is 16.1. The van der Waals surface area contributed by atoms with Gasteiger partial charge in [-0.05, 0) is 23.8 Å². The van der Waals surface area contributed by atoms with Gasteiger partial charge in [0.05, 0.1) is 7.11 Å². The molecular weight excluding hydrogens is 410 g/mol. The van der Waals surface area contributed by atoms with Crippen molar-refractivity contribution >= 4 is 40.5 Å². The van der Waals surface area contributed by atoms with Crippen LogP contribution in [-0.2, 0) is 20.9 Å². The van der Waals surface area contributed by atoms with Crippen molar-refractivity contribution in [2.45, 2.75) is 12.6 Å². The Hall–Kier alpha value is -3.52. The third-order valence-corrected chi connectivity index (χ3v) is 4.64. The maximum atomic E-state index is 12.5. The lowest BCUT2D eigenvalue weighted by Gasteiger charge is -2.17. The number of esters is 1. The van der Waals surface area contributed by atoms with Gasteiger partial charge in [0.15, 0.2) is 0 Å². The minimum absolute atomic E-state index is 0.0444. The molecule has 0 bridgehead atoms. The number of amides is 2. The first-order valence-corrected chi connectivity index (χ1v) is 9.46. The molecule has 0 saturated heterocycles. The summed E-state index contributed by atoms with van der Waals surface area (Å²) >= 11 is 6.12. The normalized spacial score (nSPS) is 11.5. The van der Waals surface area contributed by atoms with E-state index in [4.69, 9.17) is 21.1 Å². The lowest BCUT2D eigenvalue weighted by atomic mass is 10.2. The van der Waals surface area contributed by atoms with Gasteiger partial charge in [0.2, 0.25) is 0 Å². The molecule has 156 valence electrons. The number of fused-ring (bicyclic) bond motifs is 1. The number of nitrogens with one attached hydrogen (secondary N) is 3. The number of hydrogen-bond acceptors (Lipinski definition) is 5. The minimum atomic E-state index is -1.12. The van der Waals surface area contributed by atoms with E-state index < -0.39 is 24.0 Å². The molecule has 0 spiro atoms. The smallest absolute Gasteiger partial charge is 0.408 e. The molecule has 0 aliphatic carbocycles. The molecule has 1 unspecified atom stereocenters. The Morgan fingerprint density at radius 1 is 1.10 bits per heavy atom. The standard InChI is InChI=1S/C21H20ClN3O5/c1-29-20(27)18(25-21(28)30-12-13-6-3-2-4-7-13)11-23-19(26)17-10-14-15(22)8-5-9-16(14)24-17/h2-10,18,24H,11-12H2,1H3,(H,23,26)(H,25,28). The number of aromatic amines is 1. The molecule has 0 radical (unpaired) electrons. The molecule has 3 rings (SSSR count). The predicted octanol–water partition coefficient (Wildman–Crippen LogP) is 3.02. The quantitative estimate of drug-likeness (QED) is 0.500. The zero-order chi connectivity index (χ0) is 21.5. The molecule has 8 nitrogen and oxygen atoms in total. The summed E-state index contributed by atoms with van der Waals surface area (Å²) in [5.41, 5.74) is 1.78. The maximum absolute atomic E-state index is 12.5. The van der Waals surface area contributed by atoms with E-state index in [-0.39, 0.29) is 18.8 Å². The van der Waals surface area contributed by atoms with Crippen molar-refractivity contribution in [1.82, 2.24) is 15.6 Å². The predicted molar refractivity (Wildman–Crippen MR) is 111 cm³/mol. The van der Waals surface area contributed by atoms with E-state index in [2.05, 4.69) is 15.6 Å². The van der Waals surface area contributed by atoms with Crippen molar-refractivity contribution in [3.05, 3.63) is 70.9 Å². The van der Waals surface area contributed by atoms with Crippen LogP contribution in [0.15, 0.2) is 54.6 Å². The lowest BCUT2D eigenvalue weighted by molar-refractivity contribution is -0.142. The Morgan fingerprint density at radius 2 is 1.87 bits per heavy atom. The van der Waals surface area contributed by atoms with Crippen LogP contribution in [0.25, 0.3) is 10.9 Å². The number of rotatable bonds is 7. The number of alkyl carbamates (subject to hydrolysis) is 1. The van der Waals surface area contributed by atoms with E-state index in [9.17, 15) is 14.4 Å². The molecule has 0 saturated carbocycles. The van der Waals surface area contributed by atoms with Crippen LogP contribution >= 0.6 is 11.6 Å². The number of halogens is 1. The van der Waals surface area contributed by atoms with Crippen LogP contribution in [0.3, 0.4) is 0 Å². The lowest BCUT2D eigenvalue weighted by Crippen LogP contribution is -2.49. The maximum Gasteiger partial charge on any atom is 0.408 e. The minimum Gasteiger partial charge on any atom is -0.467 e. The van der Waals surface area contributed by atoms with Crippen LogP contribution < -0.4 is 10.6 Å². The number of aromatic nitrogens is 1. The fourth-order valence-corrected chi connectivity index (χ4v) is 3.00. The molecule has 0 aliphatic rings. The van der Waals surface area contributed by atoms with E-state index in [1.807, 2.05) is 18.2 Å². The van der Waals surface area contributed by atoms with Crippen LogP contribution in [0.5, 0.6) is 0 Å². The highest BCUT2D eigenvalue weighted by atomic mass is 35.5. The van der Waals surface area contributed by atoms with Gasteiger partial charge in [0.1, 0.15) is 18.3 Å². The molecule has 9 heteroatoms. The Balaban J connectivity index is 1.58. The summed E-state index contributed by atoms with van der Waals surface area (Å²) in [7, 11) is 1.19. The second kappa shape index (κ2) is 9.80. The average molecular weight is 430 g/mol. The van der Waals surface area contributed by atoms with Gasteiger partial charge < -0.3 is 25.1 Å². The third-order valence-electron chi connectivity index (χ3n) is 4.31. The molecular formula is C21H20ClN3O5. The molecule has 3 aromatic rings. The van der Waals surface area contributed by atoms with Gasteiger partial charge in [0, 0.05) is 22.5 Å². The molecule has 1 atom stereocenters. The van der Waals surface area contributed by atoms with Crippen LogP contribution in [0.1, 0.15) is 16.1 Å². The summed E-state index contributed by atoms with van der Waals surface area (Å²) in [4.78, 5) is 39.4. The van der Waals surface area contributed by atoms with E-state index in [0.29, 0.717) is 15.9 Å². The summed E-state index contributed by atoms with van der Waals surface area (Å²) in [6.07, 6.45) is -0.805. The van der Waals surface area contributed by atoms with Crippen LogP contribution in [0.4, 0.5) is 4.79 Å². The van der Waals surface area contributed by atoms with E-state index in [1.54, 1.807) is 36.4 Å². The third kappa shape index (κ3) is 5.30. The number of ether oxygens (including phenoxy) is 2. The summed E-state index contributed by atoms with van der Waals surface area (Å²) in [5, 5.41) is 6.21. The molecule has 1 aromatic heterocycles. The van der Waals surface area contributed by atoms with Crippen LogP contribution in [0.2, 0.25) is 5.02 Å². The molecule has 1 heterocycles. The van der Waals surface area contributed by atoms with Crippen molar-refractivity contribution in [1.29, 1.82) is 0 Å². The first kappa shape index (κ1) is 21.2. The Morgan fingerprint density at radius 3 is 2.57 bits per heavy atom. The highest BCUT2D eigenvalue weighted by Gasteiger charge is 2.23. The van der Waals surface area contributed by atoms with Gasteiger partial charge in [-0.2, -0.15) is 0 Å². The van der Waals surface area contributed by atoms with Crippen molar-refractivity contribution in [3.8, 4) is 0 Å². The SMILES string of the molecule is COC(=O)C(CNC(=O)c1cc2c(Cl)cccc2[nH]1)NC(=O)OCc1ccccc1. The molecule has 2 aromatic carbocycles. The topological polar surface area (TPSA) is 110 Å². The van der Waals surface area contributed by atoms with Gasteiger partial charge in [-0.3, -0.25) is 4.79 Å². The number of benzene rings is 2. The van der Waals surface area contributed by atoms with E-state index in [1.165, 1.54) is 7.11 Å². The van der Waals surface area contributed by atoms with E-state index >= 15 is 0 Å². The molecule has 3 N–H and O–H groups in total. The van der Waals surface area contributed by atoms with Crippen LogP contribution in [-0.4, -0.2) is 42.7 Å².